The summed E-state index contributed by atoms with van der Waals surface area (Å²) in [6.07, 6.45) is 3.00. The lowest BCUT2D eigenvalue weighted by Crippen LogP contribution is -2.59. The molecule has 6 nitrogen and oxygen atoms in total. The number of piperidine rings is 1. The van der Waals surface area contributed by atoms with Crippen LogP contribution in [0.25, 0.3) is 0 Å². The SMILES string of the molecule is CCCCOC1(OCCCC)CCN(S(=O)(=O)c2ccccc2)CC1O. The fourth-order valence-electron chi connectivity index (χ4n) is 2.99. The number of hydrogen-bond acceptors (Lipinski definition) is 5. The lowest BCUT2D eigenvalue weighted by molar-refractivity contribution is -0.297. The van der Waals surface area contributed by atoms with Gasteiger partial charge < -0.3 is 14.6 Å². The second-order valence-corrected chi connectivity index (χ2v) is 8.60. The zero-order valence-corrected chi connectivity index (χ0v) is 16.6. The minimum absolute atomic E-state index is 0.0323. The Labute approximate surface area is 157 Å². The molecule has 1 atom stereocenters. The molecule has 1 N–H and O–H groups in total. The van der Waals surface area contributed by atoms with Crippen molar-refractivity contribution in [1.82, 2.24) is 4.31 Å². The van der Waals surface area contributed by atoms with Crippen LogP contribution in [0.15, 0.2) is 35.2 Å². The lowest BCUT2D eigenvalue weighted by Gasteiger charge is -2.44. The zero-order chi connectivity index (χ0) is 19.0. The molecule has 0 aliphatic carbocycles. The van der Waals surface area contributed by atoms with Crippen LogP contribution in [-0.2, 0) is 19.5 Å². The summed E-state index contributed by atoms with van der Waals surface area (Å²) in [6.45, 7) is 5.34. The van der Waals surface area contributed by atoms with Gasteiger partial charge in [-0.3, -0.25) is 0 Å². The van der Waals surface area contributed by atoms with E-state index in [0.29, 0.717) is 19.6 Å². The van der Waals surface area contributed by atoms with Gasteiger partial charge in [-0.15, -0.1) is 0 Å². The highest BCUT2D eigenvalue weighted by Gasteiger charge is 2.47. The quantitative estimate of drug-likeness (QED) is 0.495. The first-order chi connectivity index (χ1) is 12.5. The van der Waals surface area contributed by atoms with Crippen LogP contribution in [0.1, 0.15) is 46.0 Å². The number of sulfonamides is 1. The Kier molecular flexibility index (Phi) is 8.04. The molecule has 2 rings (SSSR count). The molecule has 1 aromatic carbocycles. The third-order valence-corrected chi connectivity index (χ3v) is 6.54. The molecule has 1 aliphatic heterocycles. The van der Waals surface area contributed by atoms with Crippen LogP contribution in [0, 0.1) is 0 Å². The van der Waals surface area contributed by atoms with Gasteiger partial charge in [-0.2, -0.15) is 4.31 Å². The zero-order valence-electron chi connectivity index (χ0n) is 15.8. The average Bonchev–Trinajstić information content (AvgIpc) is 2.65. The van der Waals surface area contributed by atoms with Gasteiger partial charge in [0.15, 0.2) is 5.79 Å². The van der Waals surface area contributed by atoms with Crippen molar-refractivity contribution in [3.05, 3.63) is 30.3 Å². The van der Waals surface area contributed by atoms with Crippen LogP contribution in [0.2, 0.25) is 0 Å². The van der Waals surface area contributed by atoms with Crippen molar-refractivity contribution in [2.45, 2.75) is 62.7 Å². The summed E-state index contributed by atoms with van der Waals surface area (Å²) in [5.41, 5.74) is 0. The van der Waals surface area contributed by atoms with E-state index in [9.17, 15) is 13.5 Å². The molecule has 0 bridgehead atoms. The third kappa shape index (κ3) is 5.04. The first-order valence-electron chi connectivity index (χ1n) is 9.47. The number of ether oxygens (including phenoxy) is 2. The third-order valence-electron chi connectivity index (χ3n) is 4.66. The fourth-order valence-corrected chi connectivity index (χ4v) is 4.46. The minimum atomic E-state index is -3.63. The van der Waals surface area contributed by atoms with Gasteiger partial charge in [0.05, 0.1) is 18.1 Å². The number of unbranched alkanes of at least 4 members (excludes halogenated alkanes) is 2. The Balaban J connectivity index is 2.11. The number of aliphatic hydroxyl groups is 1. The number of nitrogens with zero attached hydrogens (tertiary/aromatic N) is 1. The van der Waals surface area contributed by atoms with Gasteiger partial charge in [0, 0.05) is 19.5 Å². The highest BCUT2D eigenvalue weighted by atomic mass is 32.2. The predicted octanol–water partition coefficient (Wildman–Crippen LogP) is 2.77. The topological polar surface area (TPSA) is 76.1 Å². The molecule has 1 fully saturated rings. The molecular formula is C19H31NO5S. The summed E-state index contributed by atoms with van der Waals surface area (Å²) in [4.78, 5) is 0.235. The van der Waals surface area contributed by atoms with Gasteiger partial charge in [-0.1, -0.05) is 44.9 Å². The van der Waals surface area contributed by atoms with E-state index in [-0.39, 0.29) is 18.0 Å². The second-order valence-electron chi connectivity index (χ2n) is 6.66. The van der Waals surface area contributed by atoms with Gasteiger partial charge in [-0.25, -0.2) is 8.42 Å². The maximum Gasteiger partial charge on any atom is 0.243 e. The summed E-state index contributed by atoms with van der Waals surface area (Å²) < 4.78 is 38.8. The van der Waals surface area contributed by atoms with Crippen molar-refractivity contribution in [1.29, 1.82) is 0 Å². The summed E-state index contributed by atoms with van der Waals surface area (Å²) >= 11 is 0. The molecule has 148 valence electrons. The molecule has 0 radical (unpaired) electrons. The number of benzene rings is 1. The average molecular weight is 386 g/mol. The molecule has 1 saturated heterocycles. The molecule has 7 heteroatoms. The standard InChI is InChI=1S/C19H31NO5S/c1-3-5-14-24-19(25-15-6-4-2)12-13-20(16-18(19)21)26(22,23)17-10-8-7-9-11-17/h7-11,18,21H,3-6,12-16H2,1-2H3. The maximum atomic E-state index is 12.8. The highest BCUT2D eigenvalue weighted by molar-refractivity contribution is 7.89. The lowest BCUT2D eigenvalue weighted by atomic mass is 10.0. The highest BCUT2D eigenvalue weighted by Crippen LogP contribution is 2.32. The summed E-state index contributed by atoms with van der Waals surface area (Å²) in [5, 5.41) is 10.7. The Morgan fingerprint density at radius 2 is 1.69 bits per heavy atom. The molecule has 1 unspecified atom stereocenters. The number of β-amino-alcohol motifs (C(OH)–C–C–N with tert-alkyl or cyclic N) is 1. The van der Waals surface area contributed by atoms with E-state index in [0.717, 1.165) is 25.7 Å². The van der Waals surface area contributed by atoms with Crippen LogP contribution in [0.4, 0.5) is 0 Å². The van der Waals surface area contributed by atoms with Crippen LogP contribution in [0.5, 0.6) is 0 Å². The van der Waals surface area contributed by atoms with Crippen molar-refractivity contribution in [3.8, 4) is 0 Å². The molecule has 1 aromatic rings. The summed E-state index contributed by atoms with van der Waals surface area (Å²) in [7, 11) is -3.63. The number of hydrogen-bond donors (Lipinski definition) is 1. The van der Waals surface area contributed by atoms with Gasteiger partial charge >= 0.3 is 0 Å². The predicted molar refractivity (Wildman–Crippen MR) is 100 cm³/mol. The van der Waals surface area contributed by atoms with E-state index in [1.54, 1.807) is 30.3 Å². The molecule has 0 amide bonds. The van der Waals surface area contributed by atoms with Gasteiger partial charge in [0.25, 0.3) is 0 Å². The van der Waals surface area contributed by atoms with Gasteiger partial charge in [0.2, 0.25) is 10.0 Å². The largest absolute Gasteiger partial charge is 0.386 e. The minimum Gasteiger partial charge on any atom is -0.386 e. The van der Waals surface area contributed by atoms with E-state index in [1.807, 2.05) is 0 Å². The van der Waals surface area contributed by atoms with E-state index < -0.39 is 21.9 Å². The molecular weight excluding hydrogens is 354 g/mol. The summed E-state index contributed by atoms with van der Waals surface area (Å²) in [5.74, 6) is -1.12. The molecule has 0 spiro atoms. The van der Waals surface area contributed by atoms with Crippen molar-refractivity contribution in [2.24, 2.45) is 0 Å². The van der Waals surface area contributed by atoms with E-state index in [2.05, 4.69) is 13.8 Å². The monoisotopic (exact) mass is 385 g/mol. The first kappa shape index (κ1) is 21.3. The van der Waals surface area contributed by atoms with Crippen molar-refractivity contribution < 1.29 is 23.0 Å². The van der Waals surface area contributed by atoms with Crippen LogP contribution in [-0.4, -0.2) is 56.0 Å². The molecule has 0 aromatic heterocycles. The van der Waals surface area contributed by atoms with Gasteiger partial charge in [-0.05, 0) is 25.0 Å². The van der Waals surface area contributed by atoms with E-state index in [4.69, 9.17) is 9.47 Å². The van der Waals surface area contributed by atoms with Crippen LogP contribution in [0.3, 0.4) is 0 Å². The van der Waals surface area contributed by atoms with Crippen molar-refractivity contribution in [2.75, 3.05) is 26.3 Å². The van der Waals surface area contributed by atoms with Crippen molar-refractivity contribution in [3.63, 3.8) is 0 Å². The molecule has 1 aliphatic rings. The maximum absolute atomic E-state index is 12.8. The Morgan fingerprint density at radius 3 is 2.19 bits per heavy atom. The second kappa shape index (κ2) is 9.80. The molecule has 0 saturated carbocycles. The normalized spacial score (nSPS) is 21.0. The molecule has 1 heterocycles. The smallest absolute Gasteiger partial charge is 0.243 e. The van der Waals surface area contributed by atoms with E-state index in [1.165, 1.54) is 4.31 Å². The van der Waals surface area contributed by atoms with E-state index >= 15 is 0 Å². The Bertz CT molecular complexity index is 625. The molecule has 26 heavy (non-hydrogen) atoms. The number of aliphatic hydroxyl groups excluding tert-OH is 1. The first-order valence-corrected chi connectivity index (χ1v) is 10.9. The Morgan fingerprint density at radius 1 is 1.12 bits per heavy atom. The van der Waals surface area contributed by atoms with Crippen molar-refractivity contribution >= 4 is 10.0 Å². The van der Waals surface area contributed by atoms with Crippen LogP contribution >= 0.6 is 0 Å². The Hall–Kier alpha value is -0.990. The summed E-state index contributed by atoms with van der Waals surface area (Å²) in [6, 6.07) is 8.30. The van der Waals surface area contributed by atoms with Gasteiger partial charge in [0.1, 0.15) is 6.10 Å². The van der Waals surface area contributed by atoms with Crippen LogP contribution < -0.4 is 0 Å². The fraction of sp³-hybridized carbons (Fsp3) is 0.684. The number of rotatable bonds is 10.